The molecular formula is C14H26N2. The fourth-order valence-electron chi connectivity index (χ4n) is 1.60. The molecule has 2 heteroatoms. The van der Waals surface area contributed by atoms with Gasteiger partial charge in [-0.1, -0.05) is 32.1 Å². The third kappa shape index (κ3) is 6.46. The van der Waals surface area contributed by atoms with Gasteiger partial charge in [-0.2, -0.15) is 0 Å². The minimum absolute atomic E-state index is 0.597. The second kappa shape index (κ2) is 10.5. The van der Waals surface area contributed by atoms with Crippen molar-refractivity contribution in [3.63, 3.8) is 0 Å². The van der Waals surface area contributed by atoms with E-state index in [0.29, 0.717) is 6.54 Å². The molecule has 0 aromatic carbocycles. The highest BCUT2D eigenvalue weighted by Gasteiger charge is 2.03. The van der Waals surface area contributed by atoms with Crippen LogP contribution in [0.3, 0.4) is 0 Å². The molecule has 0 saturated heterocycles. The molecule has 0 aliphatic rings. The average molecular weight is 222 g/mol. The first-order chi connectivity index (χ1) is 7.79. The molecule has 0 heterocycles. The van der Waals surface area contributed by atoms with Crippen molar-refractivity contribution in [2.45, 2.75) is 33.6 Å². The van der Waals surface area contributed by atoms with Crippen LogP contribution >= 0.6 is 0 Å². The van der Waals surface area contributed by atoms with E-state index in [1.807, 2.05) is 19.1 Å². The molecule has 0 aromatic rings. The van der Waals surface area contributed by atoms with Gasteiger partial charge in [0.25, 0.3) is 0 Å². The summed E-state index contributed by atoms with van der Waals surface area (Å²) < 4.78 is 0. The first kappa shape index (κ1) is 15.0. The molecule has 0 unspecified atom stereocenters. The van der Waals surface area contributed by atoms with E-state index in [-0.39, 0.29) is 0 Å². The lowest BCUT2D eigenvalue weighted by Crippen LogP contribution is -2.24. The van der Waals surface area contributed by atoms with Gasteiger partial charge < -0.3 is 10.6 Å². The third-order valence-corrected chi connectivity index (χ3v) is 2.25. The van der Waals surface area contributed by atoms with Crippen molar-refractivity contribution < 1.29 is 0 Å². The average Bonchev–Trinajstić information content (AvgIpc) is 2.28. The van der Waals surface area contributed by atoms with E-state index in [4.69, 9.17) is 5.73 Å². The molecule has 0 aliphatic heterocycles. The van der Waals surface area contributed by atoms with Crippen LogP contribution in [-0.4, -0.2) is 24.5 Å². The number of hydrogen-bond acceptors (Lipinski definition) is 2. The summed E-state index contributed by atoms with van der Waals surface area (Å²) in [6.45, 7) is 9.22. The van der Waals surface area contributed by atoms with E-state index >= 15 is 0 Å². The molecule has 0 fully saturated rings. The SMILES string of the molecule is C\C=C/C=C\C(=C\CN)N(CCC)CCC. The van der Waals surface area contributed by atoms with E-state index in [9.17, 15) is 0 Å². The maximum atomic E-state index is 5.61. The van der Waals surface area contributed by atoms with Gasteiger partial charge in [0.05, 0.1) is 0 Å². The molecule has 0 atom stereocenters. The number of nitrogens with two attached hydrogens (primary N) is 1. The summed E-state index contributed by atoms with van der Waals surface area (Å²) in [4.78, 5) is 2.40. The van der Waals surface area contributed by atoms with Crippen LogP contribution in [0.2, 0.25) is 0 Å². The summed E-state index contributed by atoms with van der Waals surface area (Å²) in [5.41, 5.74) is 6.85. The zero-order valence-electron chi connectivity index (χ0n) is 10.9. The maximum Gasteiger partial charge on any atom is 0.0338 e. The van der Waals surface area contributed by atoms with Crippen molar-refractivity contribution in [3.05, 3.63) is 36.1 Å². The predicted molar refractivity (Wildman–Crippen MR) is 73.2 cm³/mol. The zero-order chi connectivity index (χ0) is 12.2. The van der Waals surface area contributed by atoms with Gasteiger partial charge in [0.1, 0.15) is 0 Å². The van der Waals surface area contributed by atoms with Gasteiger partial charge in [-0.05, 0) is 31.9 Å². The highest BCUT2D eigenvalue weighted by molar-refractivity contribution is 5.21. The zero-order valence-corrected chi connectivity index (χ0v) is 10.9. The Kier molecular flexibility index (Phi) is 9.83. The number of allylic oxidation sites excluding steroid dienone is 4. The van der Waals surface area contributed by atoms with Gasteiger partial charge in [-0.25, -0.2) is 0 Å². The van der Waals surface area contributed by atoms with Crippen molar-refractivity contribution >= 4 is 0 Å². The smallest absolute Gasteiger partial charge is 0.0338 e. The lowest BCUT2D eigenvalue weighted by molar-refractivity contribution is 0.354. The molecule has 0 aromatic heterocycles. The lowest BCUT2D eigenvalue weighted by atomic mass is 10.2. The topological polar surface area (TPSA) is 29.3 Å². The molecule has 0 radical (unpaired) electrons. The molecular weight excluding hydrogens is 196 g/mol. The van der Waals surface area contributed by atoms with E-state index in [2.05, 4.69) is 37.0 Å². The maximum absolute atomic E-state index is 5.61. The Labute approximate surface area is 101 Å². The molecule has 0 rings (SSSR count). The molecule has 2 nitrogen and oxygen atoms in total. The molecule has 0 bridgehead atoms. The number of hydrogen-bond donors (Lipinski definition) is 1. The van der Waals surface area contributed by atoms with Gasteiger partial charge in [-0.15, -0.1) is 0 Å². The molecule has 0 amide bonds. The van der Waals surface area contributed by atoms with Crippen molar-refractivity contribution in [3.8, 4) is 0 Å². The number of rotatable bonds is 8. The van der Waals surface area contributed by atoms with Gasteiger partial charge >= 0.3 is 0 Å². The van der Waals surface area contributed by atoms with Crippen molar-refractivity contribution in [2.75, 3.05) is 19.6 Å². The van der Waals surface area contributed by atoms with Crippen LogP contribution in [0.5, 0.6) is 0 Å². The Morgan fingerprint density at radius 1 is 1.12 bits per heavy atom. The van der Waals surface area contributed by atoms with Crippen LogP contribution in [0.25, 0.3) is 0 Å². The lowest BCUT2D eigenvalue weighted by Gasteiger charge is -2.24. The standard InChI is InChI=1S/C14H26N2/c1-4-7-8-9-14(10-11-15)16(12-5-2)13-6-3/h4,7-10H,5-6,11-13,15H2,1-3H3/b7-4-,9-8-,14-10-. The first-order valence-corrected chi connectivity index (χ1v) is 6.24. The van der Waals surface area contributed by atoms with Gasteiger partial charge in [-0.3, -0.25) is 0 Å². The monoisotopic (exact) mass is 222 g/mol. The third-order valence-electron chi connectivity index (χ3n) is 2.25. The van der Waals surface area contributed by atoms with Crippen LogP contribution in [-0.2, 0) is 0 Å². The Morgan fingerprint density at radius 3 is 2.19 bits per heavy atom. The van der Waals surface area contributed by atoms with E-state index in [0.717, 1.165) is 13.1 Å². The molecule has 0 spiro atoms. The van der Waals surface area contributed by atoms with Gasteiger partial charge in [0, 0.05) is 25.3 Å². The van der Waals surface area contributed by atoms with Crippen LogP contribution in [0, 0.1) is 0 Å². The Morgan fingerprint density at radius 2 is 1.75 bits per heavy atom. The van der Waals surface area contributed by atoms with E-state index in [1.54, 1.807) is 0 Å². The summed E-state index contributed by atoms with van der Waals surface area (Å²) in [7, 11) is 0. The van der Waals surface area contributed by atoms with E-state index in [1.165, 1.54) is 18.5 Å². The number of nitrogens with zero attached hydrogens (tertiary/aromatic N) is 1. The second-order valence-corrected chi connectivity index (χ2v) is 3.74. The summed E-state index contributed by atoms with van der Waals surface area (Å²) >= 11 is 0. The first-order valence-electron chi connectivity index (χ1n) is 6.24. The molecule has 2 N–H and O–H groups in total. The fourth-order valence-corrected chi connectivity index (χ4v) is 1.60. The quantitative estimate of drug-likeness (QED) is 0.639. The normalized spacial score (nSPS) is 12.9. The van der Waals surface area contributed by atoms with Crippen LogP contribution in [0.15, 0.2) is 36.1 Å². The molecule has 0 saturated carbocycles. The van der Waals surface area contributed by atoms with Crippen molar-refractivity contribution in [1.82, 2.24) is 4.90 Å². The van der Waals surface area contributed by atoms with E-state index < -0.39 is 0 Å². The highest BCUT2D eigenvalue weighted by Crippen LogP contribution is 2.08. The summed E-state index contributed by atoms with van der Waals surface area (Å²) in [6, 6.07) is 0. The summed E-state index contributed by atoms with van der Waals surface area (Å²) in [5, 5.41) is 0. The van der Waals surface area contributed by atoms with Crippen LogP contribution < -0.4 is 5.73 Å². The van der Waals surface area contributed by atoms with Crippen molar-refractivity contribution in [2.24, 2.45) is 5.73 Å². The second-order valence-electron chi connectivity index (χ2n) is 3.74. The fraction of sp³-hybridized carbons (Fsp3) is 0.571. The Bertz CT molecular complexity index is 233. The molecule has 92 valence electrons. The van der Waals surface area contributed by atoms with Crippen LogP contribution in [0.4, 0.5) is 0 Å². The molecule has 16 heavy (non-hydrogen) atoms. The highest BCUT2D eigenvalue weighted by atomic mass is 15.1. The van der Waals surface area contributed by atoms with Gasteiger partial charge in [0.15, 0.2) is 0 Å². The summed E-state index contributed by atoms with van der Waals surface area (Å²) in [5.74, 6) is 0. The Balaban J connectivity index is 4.63. The van der Waals surface area contributed by atoms with Crippen molar-refractivity contribution in [1.29, 1.82) is 0 Å². The minimum atomic E-state index is 0.597. The Hall–Kier alpha value is -1.02. The minimum Gasteiger partial charge on any atom is -0.372 e. The van der Waals surface area contributed by atoms with Gasteiger partial charge in [0.2, 0.25) is 0 Å². The molecule has 0 aliphatic carbocycles. The van der Waals surface area contributed by atoms with Crippen LogP contribution in [0.1, 0.15) is 33.6 Å². The summed E-state index contributed by atoms with van der Waals surface area (Å²) in [6.07, 6.45) is 12.7. The largest absolute Gasteiger partial charge is 0.372 e. The predicted octanol–water partition coefficient (Wildman–Crippen LogP) is 3.08.